The van der Waals surface area contributed by atoms with E-state index in [1.54, 1.807) is 0 Å². The highest BCUT2D eigenvalue weighted by atomic mass is 19.4. The first-order chi connectivity index (χ1) is 8.04. The molecule has 0 unspecified atom stereocenters. The van der Waals surface area contributed by atoms with Gasteiger partial charge < -0.3 is 15.2 Å². The lowest BCUT2D eigenvalue weighted by atomic mass is 10.1. The third-order valence-corrected chi connectivity index (χ3v) is 2.66. The van der Waals surface area contributed by atoms with Crippen LogP contribution in [0, 0.1) is 5.92 Å². The smallest absolute Gasteiger partial charge is 0.427 e. The summed E-state index contributed by atoms with van der Waals surface area (Å²) in [7, 11) is 0. The van der Waals surface area contributed by atoms with Crippen LogP contribution in [0.15, 0.2) is 0 Å². The van der Waals surface area contributed by atoms with Crippen LogP contribution in [-0.4, -0.2) is 35.0 Å². The molecule has 0 aliphatic heterocycles. The number of nitrogens with one attached hydrogen (secondary N) is 1. The van der Waals surface area contributed by atoms with E-state index in [1.807, 2.05) is 5.32 Å². The van der Waals surface area contributed by atoms with Crippen LogP contribution in [0.4, 0.5) is 18.0 Å². The Hall–Kier alpha value is -1.47. The molecule has 104 valence electrons. The van der Waals surface area contributed by atoms with Crippen LogP contribution in [0.1, 0.15) is 26.7 Å². The molecule has 1 fully saturated rings. The first-order valence-corrected chi connectivity index (χ1v) is 5.33. The van der Waals surface area contributed by atoms with Crippen molar-refractivity contribution in [3.63, 3.8) is 0 Å². The Morgan fingerprint density at radius 2 is 1.83 bits per heavy atom. The number of carboxylic acid groups (broad SMARTS) is 1. The van der Waals surface area contributed by atoms with Crippen LogP contribution in [0.5, 0.6) is 0 Å². The molecule has 1 atom stereocenters. The average molecular weight is 269 g/mol. The zero-order valence-corrected chi connectivity index (χ0v) is 9.87. The maximum atomic E-state index is 12.4. The van der Waals surface area contributed by atoms with Gasteiger partial charge in [-0.25, -0.2) is 9.59 Å². The first-order valence-electron chi connectivity index (χ1n) is 5.33. The summed E-state index contributed by atoms with van der Waals surface area (Å²) in [6.07, 6.45) is -4.85. The summed E-state index contributed by atoms with van der Waals surface area (Å²) in [4.78, 5) is 22.0. The Balaban J connectivity index is 2.58. The standard InChI is InChI=1S/C10H14F3NO4/c1-9(2,10(11,12)13)18-8(17)14-6(7(15)16)5-3-4-5/h5-6H,3-4H2,1-2H3,(H,14,17)(H,15,16)/t6-/m0/s1. The Labute approximate surface area is 101 Å². The summed E-state index contributed by atoms with van der Waals surface area (Å²) >= 11 is 0. The minimum absolute atomic E-state index is 0.232. The van der Waals surface area contributed by atoms with Gasteiger partial charge in [0.05, 0.1) is 0 Å². The van der Waals surface area contributed by atoms with Crippen molar-refractivity contribution in [1.29, 1.82) is 0 Å². The number of ether oxygens (including phenoxy) is 1. The quantitative estimate of drug-likeness (QED) is 0.817. The van der Waals surface area contributed by atoms with Crippen molar-refractivity contribution >= 4 is 12.1 Å². The molecule has 1 amide bonds. The van der Waals surface area contributed by atoms with Crippen LogP contribution in [-0.2, 0) is 9.53 Å². The average Bonchev–Trinajstić information content (AvgIpc) is 2.94. The second-order valence-electron chi connectivity index (χ2n) is 4.70. The second kappa shape index (κ2) is 4.66. The Morgan fingerprint density at radius 3 is 2.17 bits per heavy atom. The molecule has 1 saturated carbocycles. The molecular weight excluding hydrogens is 255 g/mol. The van der Waals surface area contributed by atoms with E-state index in [2.05, 4.69) is 4.74 Å². The molecule has 0 heterocycles. The van der Waals surface area contributed by atoms with Gasteiger partial charge in [0.15, 0.2) is 0 Å². The van der Waals surface area contributed by atoms with Gasteiger partial charge in [0, 0.05) is 0 Å². The van der Waals surface area contributed by atoms with Crippen LogP contribution in [0.3, 0.4) is 0 Å². The van der Waals surface area contributed by atoms with Gasteiger partial charge in [0.2, 0.25) is 5.60 Å². The summed E-state index contributed by atoms with van der Waals surface area (Å²) in [6.45, 7) is 1.39. The number of hydrogen-bond donors (Lipinski definition) is 2. The summed E-state index contributed by atoms with van der Waals surface area (Å²) in [5.74, 6) is -1.51. The van der Waals surface area contributed by atoms with Crippen molar-refractivity contribution in [2.45, 2.75) is 44.5 Å². The van der Waals surface area contributed by atoms with E-state index in [-0.39, 0.29) is 5.92 Å². The molecular formula is C10H14F3NO4. The van der Waals surface area contributed by atoms with E-state index in [1.165, 1.54) is 0 Å². The zero-order chi connectivity index (χ0) is 14.1. The highest BCUT2D eigenvalue weighted by Gasteiger charge is 2.51. The van der Waals surface area contributed by atoms with Gasteiger partial charge >= 0.3 is 18.2 Å². The zero-order valence-electron chi connectivity index (χ0n) is 9.87. The lowest BCUT2D eigenvalue weighted by Gasteiger charge is -2.28. The predicted molar refractivity (Wildman–Crippen MR) is 53.9 cm³/mol. The molecule has 0 saturated heterocycles. The Bertz CT molecular complexity index is 350. The SMILES string of the molecule is CC(C)(OC(=O)N[C@H](C(=O)O)C1CC1)C(F)(F)F. The molecule has 2 N–H and O–H groups in total. The van der Waals surface area contributed by atoms with Crippen molar-refractivity contribution in [1.82, 2.24) is 5.32 Å². The second-order valence-corrected chi connectivity index (χ2v) is 4.70. The van der Waals surface area contributed by atoms with E-state index in [4.69, 9.17) is 5.11 Å². The summed E-state index contributed by atoms with van der Waals surface area (Å²) in [5.41, 5.74) is -2.66. The number of amides is 1. The minimum Gasteiger partial charge on any atom is -0.480 e. The van der Waals surface area contributed by atoms with Gasteiger partial charge in [0.25, 0.3) is 0 Å². The molecule has 18 heavy (non-hydrogen) atoms. The van der Waals surface area contributed by atoms with Gasteiger partial charge in [0.1, 0.15) is 6.04 Å². The van der Waals surface area contributed by atoms with Gasteiger partial charge in [-0.1, -0.05) is 0 Å². The molecule has 5 nitrogen and oxygen atoms in total. The predicted octanol–water partition coefficient (Wildman–Crippen LogP) is 1.92. The third-order valence-electron chi connectivity index (χ3n) is 2.66. The lowest BCUT2D eigenvalue weighted by molar-refractivity contribution is -0.244. The molecule has 1 aliphatic rings. The summed E-state index contributed by atoms with van der Waals surface area (Å²) < 4.78 is 41.5. The van der Waals surface area contributed by atoms with Gasteiger partial charge in [-0.2, -0.15) is 13.2 Å². The van der Waals surface area contributed by atoms with Crippen molar-refractivity contribution in [2.24, 2.45) is 5.92 Å². The van der Waals surface area contributed by atoms with Crippen LogP contribution >= 0.6 is 0 Å². The van der Waals surface area contributed by atoms with E-state index in [0.717, 1.165) is 0 Å². The maximum Gasteiger partial charge on any atom is 0.427 e. The first kappa shape index (κ1) is 14.6. The van der Waals surface area contributed by atoms with Gasteiger partial charge in [-0.05, 0) is 32.6 Å². The molecule has 1 aliphatic carbocycles. The lowest BCUT2D eigenvalue weighted by Crippen LogP contribution is -2.49. The van der Waals surface area contributed by atoms with Crippen LogP contribution < -0.4 is 5.32 Å². The Kier molecular flexibility index (Phi) is 3.78. The number of alkyl carbamates (subject to hydrolysis) is 1. The molecule has 0 aromatic heterocycles. The van der Waals surface area contributed by atoms with Crippen molar-refractivity contribution in [3.05, 3.63) is 0 Å². The normalized spacial score (nSPS) is 18.1. The fraction of sp³-hybridized carbons (Fsp3) is 0.800. The fourth-order valence-corrected chi connectivity index (χ4v) is 1.26. The van der Waals surface area contributed by atoms with E-state index in [0.29, 0.717) is 26.7 Å². The monoisotopic (exact) mass is 269 g/mol. The number of hydrogen-bond acceptors (Lipinski definition) is 3. The topological polar surface area (TPSA) is 75.6 Å². The molecule has 0 spiro atoms. The van der Waals surface area contributed by atoms with Gasteiger partial charge in [-0.15, -0.1) is 0 Å². The number of carbonyl (C=O) groups is 2. The molecule has 8 heteroatoms. The van der Waals surface area contributed by atoms with Gasteiger partial charge in [-0.3, -0.25) is 0 Å². The number of carbonyl (C=O) groups excluding carboxylic acids is 1. The molecule has 0 bridgehead atoms. The third kappa shape index (κ3) is 3.51. The summed E-state index contributed by atoms with van der Waals surface area (Å²) in [6, 6.07) is -1.19. The number of carboxylic acids is 1. The van der Waals surface area contributed by atoms with Crippen LogP contribution in [0.25, 0.3) is 0 Å². The highest BCUT2D eigenvalue weighted by Crippen LogP contribution is 2.34. The van der Waals surface area contributed by atoms with E-state index >= 15 is 0 Å². The minimum atomic E-state index is -4.72. The maximum absolute atomic E-state index is 12.4. The number of aliphatic carboxylic acids is 1. The highest BCUT2D eigenvalue weighted by molar-refractivity contribution is 5.80. The molecule has 1 rings (SSSR count). The molecule has 0 aromatic carbocycles. The summed E-state index contributed by atoms with van der Waals surface area (Å²) in [5, 5.41) is 10.7. The van der Waals surface area contributed by atoms with E-state index in [9.17, 15) is 22.8 Å². The number of halogens is 3. The Morgan fingerprint density at radius 1 is 1.33 bits per heavy atom. The molecule has 0 radical (unpaired) electrons. The molecule has 0 aromatic rings. The number of alkyl halides is 3. The van der Waals surface area contributed by atoms with E-state index < -0.39 is 29.9 Å². The van der Waals surface area contributed by atoms with Crippen molar-refractivity contribution in [2.75, 3.05) is 0 Å². The number of rotatable bonds is 4. The van der Waals surface area contributed by atoms with Crippen molar-refractivity contribution in [3.8, 4) is 0 Å². The van der Waals surface area contributed by atoms with Crippen molar-refractivity contribution < 1.29 is 32.6 Å². The largest absolute Gasteiger partial charge is 0.480 e. The fourth-order valence-electron chi connectivity index (χ4n) is 1.26. The van der Waals surface area contributed by atoms with Crippen LogP contribution in [0.2, 0.25) is 0 Å².